The number of benzene rings is 1. The smallest absolute Gasteiger partial charge is 0.393 e. The number of halogens is 1. The highest BCUT2D eigenvalue weighted by molar-refractivity contribution is 8.64. The van der Waals surface area contributed by atoms with Crippen LogP contribution in [0.25, 0.3) is 0 Å². The van der Waals surface area contributed by atoms with Gasteiger partial charge in [0.15, 0.2) is 0 Å². The molecular formula is C12H18ClO2PS. The minimum absolute atomic E-state index is 0.225. The van der Waals surface area contributed by atoms with Crippen molar-refractivity contribution in [1.29, 1.82) is 0 Å². The van der Waals surface area contributed by atoms with Gasteiger partial charge in [0.1, 0.15) is 5.75 Å². The van der Waals surface area contributed by atoms with E-state index < -0.39 is 5.92 Å². The molecule has 17 heavy (non-hydrogen) atoms. The molecule has 0 radical (unpaired) electrons. The van der Waals surface area contributed by atoms with E-state index in [1.165, 1.54) is 11.4 Å². The Morgan fingerprint density at radius 1 is 1.47 bits per heavy atom. The SMILES string of the molecule is CCC(C)SP(=O)(Cl)Oc1cccc(C)c1C. The molecule has 1 rings (SSSR count). The van der Waals surface area contributed by atoms with Gasteiger partial charge < -0.3 is 4.52 Å². The van der Waals surface area contributed by atoms with Crippen molar-refractivity contribution in [2.45, 2.75) is 39.4 Å². The van der Waals surface area contributed by atoms with Crippen molar-refractivity contribution in [1.82, 2.24) is 0 Å². The maximum atomic E-state index is 12.1. The highest BCUT2D eigenvalue weighted by Gasteiger charge is 2.25. The Hall–Kier alpha value is -0.110. The second-order valence-electron chi connectivity index (χ2n) is 4.04. The van der Waals surface area contributed by atoms with Gasteiger partial charge in [-0.2, -0.15) is 0 Å². The molecule has 0 heterocycles. The normalized spacial score (nSPS) is 16.3. The van der Waals surface area contributed by atoms with Crippen LogP contribution in [0.5, 0.6) is 5.75 Å². The van der Waals surface area contributed by atoms with Crippen molar-refractivity contribution in [3.63, 3.8) is 0 Å². The lowest BCUT2D eigenvalue weighted by atomic mass is 10.1. The average Bonchev–Trinajstić information content (AvgIpc) is 2.23. The molecular weight excluding hydrogens is 275 g/mol. The fraction of sp³-hybridized carbons (Fsp3) is 0.500. The molecule has 0 aliphatic heterocycles. The molecule has 5 heteroatoms. The summed E-state index contributed by atoms with van der Waals surface area (Å²) in [6, 6.07) is 5.67. The third-order valence-corrected chi connectivity index (χ3v) is 6.99. The average molecular weight is 293 g/mol. The highest BCUT2D eigenvalue weighted by atomic mass is 35.7. The number of aryl methyl sites for hydroxylation is 1. The van der Waals surface area contributed by atoms with E-state index in [2.05, 4.69) is 0 Å². The summed E-state index contributed by atoms with van der Waals surface area (Å²) in [5.41, 5.74) is 2.09. The van der Waals surface area contributed by atoms with Gasteiger partial charge in [-0.15, -0.1) is 0 Å². The summed E-state index contributed by atoms with van der Waals surface area (Å²) in [4.78, 5) is 0. The summed E-state index contributed by atoms with van der Waals surface area (Å²) in [7, 11) is 0. The summed E-state index contributed by atoms with van der Waals surface area (Å²) in [6.07, 6.45) is 0.914. The van der Waals surface area contributed by atoms with Gasteiger partial charge in [-0.05, 0) is 60.1 Å². The van der Waals surface area contributed by atoms with Gasteiger partial charge >= 0.3 is 5.92 Å². The van der Waals surface area contributed by atoms with E-state index in [0.717, 1.165) is 17.5 Å². The van der Waals surface area contributed by atoms with Gasteiger partial charge in [0.2, 0.25) is 0 Å². The number of hydrogen-bond donors (Lipinski definition) is 0. The summed E-state index contributed by atoms with van der Waals surface area (Å²) in [5, 5.41) is 0.225. The zero-order chi connectivity index (χ0) is 13.1. The first-order valence-corrected chi connectivity index (χ1v) is 9.61. The predicted molar refractivity (Wildman–Crippen MR) is 77.3 cm³/mol. The second kappa shape index (κ2) is 6.17. The second-order valence-corrected chi connectivity index (χ2v) is 10.1. The molecule has 2 atom stereocenters. The van der Waals surface area contributed by atoms with E-state index >= 15 is 0 Å². The van der Waals surface area contributed by atoms with Crippen molar-refractivity contribution < 1.29 is 9.09 Å². The summed E-state index contributed by atoms with van der Waals surface area (Å²) in [5.74, 6) is -2.53. The van der Waals surface area contributed by atoms with Gasteiger partial charge in [0.05, 0.1) is 0 Å². The molecule has 0 spiro atoms. The monoisotopic (exact) mass is 292 g/mol. The van der Waals surface area contributed by atoms with E-state index in [9.17, 15) is 4.57 Å². The Bertz CT molecular complexity index is 437. The summed E-state index contributed by atoms with van der Waals surface area (Å²) in [6.45, 7) is 7.96. The van der Waals surface area contributed by atoms with Crippen molar-refractivity contribution >= 4 is 28.5 Å². The molecule has 0 N–H and O–H groups in total. The van der Waals surface area contributed by atoms with Gasteiger partial charge in [0, 0.05) is 5.25 Å². The maximum absolute atomic E-state index is 12.1. The van der Waals surface area contributed by atoms with Crippen LogP contribution in [-0.4, -0.2) is 5.25 Å². The highest BCUT2D eigenvalue weighted by Crippen LogP contribution is 2.65. The minimum Gasteiger partial charge on any atom is -0.425 e. The van der Waals surface area contributed by atoms with Gasteiger partial charge in [-0.1, -0.05) is 26.0 Å². The number of hydrogen-bond acceptors (Lipinski definition) is 3. The van der Waals surface area contributed by atoms with Crippen LogP contribution in [0.4, 0.5) is 0 Å². The fourth-order valence-electron chi connectivity index (χ4n) is 1.25. The van der Waals surface area contributed by atoms with Crippen LogP contribution in [0, 0.1) is 13.8 Å². The predicted octanol–water partition coefficient (Wildman–Crippen LogP) is 5.56. The first-order chi connectivity index (χ1) is 7.85. The molecule has 0 saturated heterocycles. The molecule has 0 aliphatic carbocycles. The molecule has 0 amide bonds. The largest absolute Gasteiger partial charge is 0.425 e. The lowest BCUT2D eigenvalue weighted by Gasteiger charge is -2.17. The van der Waals surface area contributed by atoms with Gasteiger partial charge in [0.25, 0.3) is 0 Å². The van der Waals surface area contributed by atoms with E-state index in [0.29, 0.717) is 5.75 Å². The minimum atomic E-state index is -3.14. The summed E-state index contributed by atoms with van der Waals surface area (Å²) < 4.78 is 17.6. The molecule has 96 valence electrons. The lowest BCUT2D eigenvalue weighted by molar-refractivity contribution is 0.512. The van der Waals surface area contributed by atoms with Crippen LogP contribution < -0.4 is 4.52 Å². The van der Waals surface area contributed by atoms with Gasteiger partial charge in [-0.3, -0.25) is 0 Å². The van der Waals surface area contributed by atoms with Crippen molar-refractivity contribution in [2.75, 3.05) is 0 Å². The van der Waals surface area contributed by atoms with Crippen LogP contribution in [0.1, 0.15) is 31.4 Å². The zero-order valence-corrected chi connectivity index (χ0v) is 13.0. The van der Waals surface area contributed by atoms with Crippen molar-refractivity contribution in [2.24, 2.45) is 0 Å². The molecule has 1 aromatic carbocycles. The molecule has 1 aromatic rings. The Balaban J connectivity index is 2.83. The van der Waals surface area contributed by atoms with Crippen molar-refractivity contribution in [3.8, 4) is 5.75 Å². The molecule has 0 aromatic heterocycles. The number of rotatable bonds is 5. The molecule has 2 nitrogen and oxygen atoms in total. The van der Waals surface area contributed by atoms with Crippen molar-refractivity contribution in [3.05, 3.63) is 29.3 Å². The molecule has 0 saturated carbocycles. The third kappa shape index (κ3) is 4.57. The maximum Gasteiger partial charge on any atom is 0.393 e. The van der Waals surface area contributed by atoms with E-state index in [1.807, 2.05) is 39.8 Å². The Labute approximate surface area is 112 Å². The summed E-state index contributed by atoms with van der Waals surface area (Å²) >= 11 is 7.18. The molecule has 0 bridgehead atoms. The van der Waals surface area contributed by atoms with Crippen LogP contribution >= 0.6 is 28.5 Å². The third-order valence-electron chi connectivity index (χ3n) is 2.64. The quantitative estimate of drug-likeness (QED) is 0.664. The van der Waals surface area contributed by atoms with E-state index in [1.54, 1.807) is 6.07 Å². The molecule has 0 fully saturated rings. The topological polar surface area (TPSA) is 26.3 Å². The Kier molecular flexibility index (Phi) is 5.43. The van der Waals surface area contributed by atoms with Crippen LogP contribution in [0.2, 0.25) is 0 Å². The van der Waals surface area contributed by atoms with E-state index in [4.69, 9.17) is 15.8 Å². The Morgan fingerprint density at radius 2 is 2.12 bits per heavy atom. The molecule has 0 aliphatic rings. The first kappa shape index (κ1) is 14.9. The molecule has 2 unspecified atom stereocenters. The first-order valence-electron chi connectivity index (χ1n) is 5.59. The van der Waals surface area contributed by atoms with Gasteiger partial charge in [-0.25, -0.2) is 4.57 Å². The van der Waals surface area contributed by atoms with Crippen LogP contribution in [-0.2, 0) is 4.57 Å². The Morgan fingerprint density at radius 3 is 2.71 bits per heavy atom. The fourth-order valence-corrected chi connectivity index (χ4v) is 5.86. The van der Waals surface area contributed by atoms with E-state index in [-0.39, 0.29) is 5.25 Å². The lowest BCUT2D eigenvalue weighted by Crippen LogP contribution is -1.95. The standard InChI is InChI=1S/C12H18ClO2PS/c1-5-10(3)17-16(13,14)15-12-8-6-7-9(2)11(12)4/h6-8,10H,5H2,1-4H3. The van der Waals surface area contributed by atoms with Crippen LogP contribution in [0.3, 0.4) is 0 Å². The van der Waals surface area contributed by atoms with Crippen LogP contribution in [0.15, 0.2) is 18.2 Å². The zero-order valence-electron chi connectivity index (χ0n) is 10.6.